The molecule has 3 aliphatic heterocycles. The highest BCUT2D eigenvalue weighted by Crippen LogP contribution is 2.54. The maximum absolute atomic E-state index is 13.2. The molecule has 0 N–H and O–H groups in total. The van der Waals surface area contributed by atoms with Gasteiger partial charge in [0.25, 0.3) is 5.91 Å². The van der Waals surface area contributed by atoms with Gasteiger partial charge >= 0.3 is 0 Å². The number of ether oxygens (including phenoxy) is 2. The lowest BCUT2D eigenvalue weighted by molar-refractivity contribution is -0.122. The number of hydrogen-bond acceptors (Lipinski definition) is 4. The standard InChI is InChI=1S/C19H16N2O4/c1-20-14-7-12-15(8-16(14)24-9-17(20)22)25-10-19(12)11-5-3-4-6-13(11)21(2)18(19)23/h3-8H,9-10H2,1-2H3. The fraction of sp³-hybridized carbons (Fsp3) is 0.263. The van der Waals surface area contributed by atoms with Crippen molar-refractivity contribution in [3.05, 3.63) is 47.5 Å². The number of likely N-dealkylation sites (N-methyl/N-ethyl adjacent to an activating group) is 2. The fourth-order valence-electron chi connectivity index (χ4n) is 4.05. The molecule has 0 fully saturated rings. The van der Waals surface area contributed by atoms with Crippen LogP contribution >= 0.6 is 0 Å². The summed E-state index contributed by atoms with van der Waals surface area (Å²) in [4.78, 5) is 28.4. The van der Waals surface area contributed by atoms with E-state index >= 15 is 0 Å². The van der Waals surface area contributed by atoms with Crippen molar-refractivity contribution in [2.24, 2.45) is 0 Å². The molecule has 2 aromatic carbocycles. The highest BCUT2D eigenvalue weighted by atomic mass is 16.5. The van der Waals surface area contributed by atoms with Crippen LogP contribution in [0, 0.1) is 0 Å². The lowest BCUT2D eigenvalue weighted by atomic mass is 9.77. The molecule has 1 atom stereocenters. The SMILES string of the molecule is CN1C(=O)COc2cc3c(cc21)C1(CO3)C(=O)N(C)c2ccccc21. The molecule has 2 amide bonds. The Hall–Kier alpha value is -3.02. The van der Waals surface area contributed by atoms with Crippen LogP contribution in [0.2, 0.25) is 0 Å². The van der Waals surface area contributed by atoms with Crippen LogP contribution in [0.4, 0.5) is 11.4 Å². The zero-order valence-corrected chi connectivity index (χ0v) is 13.9. The lowest BCUT2D eigenvalue weighted by Gasteiger charge is -2.28. The third kappa shape index (κ3) is 1.59. The molecule has 0 saturated carbocycles. The Balaban J connectivity index is 1.77. The molecule has 1 spiro atoms. The Morgan fingerprint density at radius 2 is 1.72 bits per heavy atom. The normalized spacial score (nSPS) is 23.3. The second-order valence-corrected chi connectivity index (χ2v) is 6.63. The molecule has 0 saturated heterocycles. The second kappa shape index (κ2) is 4.53. The zero-order valence-electron chi connectivity index (χ0n) is 13.9. The first-order chi connectivity index (χ1) is 12.0. The summed E-state index contributed by atoms with van der Waals surface area (Å²) in [5.74, 6) is 1.11. The average molecular weight is 336 g/mol. The van der Waals surface area contributed by atoms with Crippen molar-refractivity contribution in [3.63, 3.8) is 0 Å². The van der Waals surface area contributed by atoms with Gasteiger partial charge in [0.2, 0.25) is 5.91 Å². The summed E-state index contributed by atoms with van der Waals surface area (Å²) < 4.78 is 11.4. The Bertz CT molecular complexity index is 954. The lowest BCUT2D eigenvalue weighted by Crippen LogP contribution is -2.41. The summed E-state index contributed by atoms with van der Waals surface area (Å²) in [5, 5.41) is 0. The van der Waals surface area contributed by atoms with E-state index in [1.807, 2.05) is 30.3 Å². The van der Waals surface area contributed by atoms with E-state index in [0.29, 0.717) is 17.2 Å². The summed E-state index contributed by atoms with van der Waals surface area (Å²) in [5.41, 5.74) is 2.42. The van der Waals surface area contributed by atoms with E-state index < -0.39 is 5.41 Å². The highest BCUT2D eigenvalue weighted by Gasteiger charge is 2.56. The molecule has 6 nitrogen and oxygen atoms in total. The summed E-state index contributed by atoms with van der Waals surface area (Å²) in [7, 11) is 3.50. The van der Waals surface area contributed by atoms with Gasteiger partial charge in [0.15, 0.2) is 6.61 Å². The minimum absolute atomic E-state index is 0.0118. The number of hydrogen-bond donors (Lipinski definition) is 0. The van der Waals surface area contributed by atoms with Crippen molar-refractivity contribution in [2.75, 3.05) is 37.1 Å². The monoisotopic (exact) mass is 336 g/mol. The number of benzene rings is 2. The second-order valence-electron chi connectivity index (χ2n) is 6.63. The van der Waals surface area contributed by atoms with Crippen molar-refractivity contribution in [1.29, 1.82) is 0 Å². The van der Waals surface area contributed by atoms with Gasteiger partial charge in [-0.1, -0.05) is 18.2 Å². The Morgan fingerprint density at radius 1 is 0.920 bits per heavy atom. The van der Waals surface area contributed by atoms with Gasteiger partial charge in [0.1, 0.15) is 23.5 Å². The van der Waals surface area contributed by atoms with Crippen LogP contribution in [0.15, 0.2) is 36.4 Å². The smallest absolute Gasteiger partial charge is 0.264 e. The molecular formula is C19H16N2O4. The van der Waals surface area contributed by atoms with Crippen LogP contribution in [0.25, 0.3) is 0 Å². The fourth-order valence-corrected chi connectivity index (χ4v) is 4.05. The van der Waals surface area contributed by atoms with Crippen LogP contribution in [0.3, 0.4) is 0 Å². The van der Waals surface area contributed by atoms with E-state index in [-0.39, 0.29) is 25.0 Å². The molecule has 126 valence electrons. The Morgan fingerprint density at radius 3 is 2.56 bits per heavy atom. The molecule has 6 heteroatoms. The molecule has 3 heterocycles. The molecule has 0 radical (unpaired) electrons. The van der Waals surface area contributed by atoms with E-state index in [2.05, 4.69) is 0 Å². The molecule has 0 bridgehead atoms. The van der Waals surface area contributed by atoms with Crippen LogP contribution in [-0.2, 0) is 15.0 Å². The van der Waals surface area contributed by atoms with Crippen molar-refractivity contribution < 1.29 is 19.1 Å². The molecule has 1 unspecified atom stereocenters. The third-order valence-corrected chi connectivity index (χ3v) is 5.45. The topological polar surface area (TPSA) is 59.1 Å². The van der Waals surface area contributed by atoms with Crippen LogP contribution in [0.1, 0.15) is 11.1 Å². The number of amides is 2. The van der Waals surface area contributed by atoms with Gasteiger partial charge in [-0.15, -0.1) is 0 Å². The molecule has 2 aromatic rings. The number of carbonyl (C=O) groups is 2. The van der Waals surface area contributed by atoms with E-state index in [9.17, 15) is 9.59 Å². The van der Waals surface area contributed by atoms with Gasteiger partial charge in [-0.2, -0.15) is 0 Å². The van der Waals surface area contributed by atoms with Crippen LogP contribution < -0.4 is 19.3 Å². The van der Waals surface area contributed by atoms with Crippen molar-refractivity contribution in [1.82, 2.24) is 0 Å². The van der Waals surface area contributed by atoms with Gasteiger partial charge in [-0.25, -0.2) is 0 Å². The Kier molecular flexibility index (Phi) is 2.60. The van der Waals surface area contributed by atoms with E-state index in [4.69, 9.17) is 9.47 Å². The third-order valence-electron chi connectivity index (χ3n) is 5.45. The van der Waals surface area contributed by atoms with Crippen molar-refractivity contribution in [3.8, 4) is 11.5 Å². The number of fused-ring (bicyclic) bond motifs is 5. The number of nitrogens with zero attached hydrogens (tertiary/aromatic N) is 2. The van der Waals surface area contributed by atoms with Crippen LogP contribution in [-0.4, -0.2) is 39.1 Å². The summed E-state index contributed by atoms with van der Waals surface area (Å²) in [6.45, 7) is 0.265. The maximum Gasteiger partial charge on any atom is 0.264 e. The predicted octanol–water partition coefficient (Wildman–Crippen LogP) is 1.70. The summed E-state index contributed by atoms with van der Waals surface area (Å²) in [6.07, 6.45) is 0. The average Bonchev–Trinajstić information content (AvgIpc) is 3.11. The molecule has 0 aromatic heterocycles. The van der Waals surface area contributed by atoms with E-state index in [1.54, 1.807) is 30.0 Å². The minimum atomic E-state index is -0.864. The molecule has 5 rings (SSSR count). The summed E-state index contributed by atoms with van der Waals surface area (Å²) >= 11 is 0. The van der Waals surface area contributed by atoms with Crippen molar-refractivity contribution in [2.45, 2.75) is 5.41 Å². The zero-order chi connectivity index (χ0) is 17.3. The first-order valence-corrected chi connectivity index (χ1v) is 8.12. The van der Waals surface area contributed by atoms with E-state index in [1.165, 1.54) is 0 Å². The Labute approximate surface area is 144 Å². The van der Waals surface area contributed by atoms with Gasteiger partial charge in [-0.3, -0.25) is 9.59 Å². The maximum atomic E-state index is 13.2. The number of carbonyl (C=O) groups excluding carboxylic acids is 2. The predicted molar refractivity (Wildman–Crippen MR) is 91.5 cm³/mol. The first-order valence-electron chi connectivity index (χ1n) is 8.12. The van der Waals surface area contributed by atoms with Crippen LogP contribution in [0.5, 0.6) is 11.5 Å². The first kappa shape index (κ1) is 14.3. The van der Waals surface area contributed by atoms with E-state index in [0.717, 1.165) is 16.8 Å². The van der Waals surface area contributed by atoms with Gasteiger partial charge < -0.3 is 19.3 Å². The minimum Gasteiger partial charge on any atom is -0.491 e. The molecule has 25 heavy (non-hydrogen) atoms. The number of rotatable bonds is 0. The highest BCUT2D eigenvalue weighted by molar-refractivity contribution is 6.11. The number of para-hydroxylation sites is 1. The quantitative estimate of drug-likeness (QED) is 0.735. The van der Waals surface area contributed by atoms with Gasteiger partial charge in [0.05, 0.1) is 5.69 Å². The summed E-state index contributed by atoms with van der Waals surface area (Å²) in [6, 6.07) is 11.4. The van der Waals surface area contributed by atoms with Crippen molar-refractivity contribution >= 4 is 23.2 Å². The molecule has 3 aliphatic rings. The molecular weight excluding hydrogens is 320 g/mol. The largest absolute Gasteiger partial charge is 0.491 e. The molecule has 0 aliphatic carbocycles. The number of anilines is 2. The van der Waals surface area contributed by atoms with Gasteiger partial charge in [-0.05, 0) is 17.7 Å². The van der Waals surface area contributed by atoms with Gasteiger partial charge in [0, 0.05) is 31.4 Å².